The summed E-state index contributed by atoms with van der Waals surface area (Å²) >= 11 is 6.15. The van der Waals surface area contributed by atoms with Crippen LogP contribution in [0.15, 0.2) is 15.8 Å². The zero-order chi connectivity index (χ0) is 14.2. The minimum Gasteiger partial charge on any atom is -0.294 e. The van der Waals surface area contributed by atoms with Crippen LogP contribution in [0, 0.1) is 6.92 Å². The predicted octanol–water partition coefficient (Wildman–Crippen LogP) is 0.843. The maximum atomic E-state index is 11.8. The third-order valence-electron chi connectivity index (χ3n) is 3.05. The number of H-pyrrole nitrogens is 1. The first-order valence-corrected chi connectivity index (χ1v) is 6.32. The Bertz CT molecular complexity index is 726. The summed E-state index contributed by atoms with van der Waals surface area (Å²) in [7, 11) is 1.77. The monoisotopic (exact) mass is 282 g/mol. The fraction of sp³-hybridized carbons (Fsp3) is 0.417. The minimum atomic E-state index is -0.447. The first-order chi connectivity index (χ1) is 8.93. The van der Waals surface area contributed by atoms with Crippen molar-refractivity contribution in [3.63, 3.8) is 0 Å². The lowest BCUT2D eigenvalue weighted by Gasteiger charge is -2.07. The molecule has 102 valence electrons. The van der Waals surface area contributed by atoms with Crippen LogP contribution >= 0.6 is 11.6 Å². The number of nitrogens with zero attached hydrogens (tertiary/aromatic N) is 3. The van der Waals surface area contributed by atoms with Gasteiger partial charge in [-0.2, -0.15) is 5.10 Å². The van der Waals surface area contributed by atoms with Gasteiger partial charge in [-0.25, -0.2) is 4.79 Å². The summed E-state index contributed by atoms with van der Waals surface area (Å²) in [4.78, 5) is 25.6. The van der Waals surface area contributed by atoms with Crippen LogP contribution in [0.1, 0.15) is 23.9 Å². The van der Waals surface area contributed by atoms with Crippen LogP contribution in [0.4, 0.5) is 0 Å². The van der Waals surface area contributed by atoms with Crippen molar-refractivity contribution >= 4 is 11.6 Å². The van der Waals surface area contributed by atoms with Gasteiger partial charge in [-0.15, -0.1) is 0 Å². The molecule has 2 aromatic heterocycles. The average Bonchev–Trinajstić information content (AvgIpc) is 2.59. The zero-order valence-electron chi connectivity index (χ0n) is 11.0. The van der Waals surface area contributed by atoms with Crippen LogP contribution in [-0.4, -0.2) is 19.3 Å². The summed E-state index contributed by atoms with van der Waals surface area (Å²) in [6.07, 6.45) is 2.13. The molecule has 0 bridgehead atoms. The van der Waals surface area contributed by atoms with E-state index in [2.05, 4.69) is 10.1 Å². The SMILES string of the molecule is CCc1cn(Cc2c(Cl)c(C)nn2C)c(=O)[nH]c1=O. The van der Waals surface area contributed by atoms with E-state index in [1.807, 2.05) is 6.92 Å². The molecule has 0 atom stereocenters. The minimum absolute atomic E-state index is 0.277. The summed E-state index contributed by atoms with van der Waals surface area (Å²) in [5.74, 6) is 0. The van der Waals surface area contributed by atoms with E-state index >= 15 is 0 Å². The van der Waals surface area contributed by atoms with Crippen LogP contribution in [0.25, 0.3) is 0 Å². The van der Waals surface area contributed by atoms with Crippen molar-refractivity contribution < 1.29 is 0 Å². The van der Waals surface area contributed by atoms with Crippen molar-refractivity contribution in [1.82, 2.24) is 19.3 Å². The van der Waals surface area contributed by atoms with Gasteiger partial charge in [0.2, 0.25) is 0 Å². The molecule has 0 aliphatic carbocycles. The van der Waals surface area contributed by atoms with Gasteiger partial charge in [0.05, 0.1) is 23.0 Å². The highest BCUT2D eigenvalue weighted by molar-refractivity contribution is 6.31. The van der Waals surface area contributed by atoms with E-state index in [9.17, 15) is 9.59 Å². The van der Waals surface area contributed by atoms with Gasteiger partial charge in [-0.1, -0.05) is 18.5 Å². The van der Waals surface area contributed by atoms with E-state index < -0.39 is 5.69 Å². The number of aromatic nitrogens is 4. The highest BCUT2D eigenvalue weighted by Gasteiger charge is 2.13. The molecular formula is C12H15ClN4O2. The summed E-state index contributed by atoms with van der Waals surface area (Å²) in [6.45, 7) is 3.94. The van der Waals surface area contributed by atoms with Crippen LogP contribution in [0.2, 0.25) is 5.02 Å². The lowest BCUT2D eigenvalue weighted by Crippen LogP contribution is -2.32. The Labute approximate surface area is 114 Å². The molecule has 0 saturated carbocycles. The molecule has 0 radical (unpaired) electrons. The maximum absolute atomic E-state index is 11.8. The molecule has 0 amide bonds. The standard InChI is InChI=1S/C12H15ClN4O2/c1-4-8-5-17(12(19)14-11(8)18)6-9-10(13)7(2)15-16(9)3/h5H,4,6H2,1-3H3,(H,14,18,19). The Morgan fingerprint density at radius 2 is 2.11 bits per heavy atom. The smallest absolute Gasteiger partial charge is 0.294 e. The highest BCUT2D eigenvalue weighted by Crippen LogP contribution is 2.19. The number of rotatable bonds is 3. The van der Waals surface area contributed by atoms with E-state index in [0.29, 0.717) is 22.7 Å². The zero-order valence-corrected chi connectivity index (χ0v) is 11.8. The number of aromatic amines is 1. The Kier molecular flexibility index (Phi) is 3.61. The number of hydrogen-bond donors (Lipinski definition) is 1. The van der Waals surface area contributed by atoms with Gasteiger partial charge in [0.15, 0.2) is 0 Å². The van der Waals surface area contributed by atoms with Crippen LogP contribution in [0.3, 0.4) is 0 Å². The quantitative estimate of drug-likeness (QED) is 0.907. The van der Waals surface area contributed by atoms with Crippen molar-refractivity contribution in [2.75, 3.05) is 0 Å². The number of hydrogen-bond acceptors (Lipinski definition) is 3. The number of aryl methyl sites for hydroxylation is 3. The summed E-state index contributed by atoms with van der Waals surface area (Å²) < 4.78 is 3.07. The van der Waals surface area contributed by atoms with Crippen LogP contribution < -0.4 is 11.2 Å². The number of nitrogens with one attached hydrogen (secondary N) is 1. The van der Waals surface area contributed by atoms with Gasteiger partial charge in [0.1, 0.15) is 0 Å². The van der Waals surface area contributed by atoms with Crippen molar-refractivity contribution in [3.05, 3.63) is 49.0 Å². The van der Waals surface area contributed by atoms with Crippen LogP contribution in [0.5, 0.6) is 0 Å². The predicted molar refractivity (Wildman–Crippen MR) is 72.8 cm³/mol. The van der Waals surface area contributed by atoms with Gasteiger partial charge in [0.25, 0.3) is 5.56 Å². The van der Waals surface area contributed by atoms with Gasteiger partial charge in [0, 0.05) is 18.8 Å². The first kappa shape index (κ1) is 13.6. The summed E-state index contributed by atoms with van der Waals surface area (Å²) in [5.41, 5.74) is 1.23. The van der Waals surface area contributed by atoms with Crippen molar-refractivity contribution in [3.8, 4) is 0 Å². The van der Waals surface area contributed by atoms with Crippen molar-refractivity contribution in [2.45, 2.75) is 26.8 Å². The summed E-state index contributed by atoms with van der Waals surface area (Å²) in [6, 6.07) is 0. The maximum Gasteiger partial charge on any atom is 0.328 e. The lowest BCUT2D eigenvalue weighted by molar-refractivity contribution is 0.634. The van der Waals surface area contributed by atoms with E-state index in [1.165, 1.54) is 4.57 Å². The molecule has 2 aromatic rings. The highest BCUT2D eigenvalue weighted by atomic mass is 35.5. The molecule has 19 heavy (non-hydrogen) atoms. The topological polar surface area (TPSA) is 72.7 Å². The molecule has 0 saturated heterocycles. The second-order valence-electron chi connectivity index (χ2n) is 4.36. The second kappa shape index (κ2) is 5.05. The van der Waals surface area contributed by atoms with Gasteiger partial charge >= 0.3 is 5.69 Å². The summed E-state index contributed by atoms with van der Waals surface area (Å²) in [5, 5.41) is 4.73. The van der Waals surface area contributed by atoms with E-state index in [-0.39, 0.29) is 12.1 Å². The Balaban J connectivity index is 2.49. The third-order valence-corrected chi connectivity index (χ3v) is 3.54. The van der Waals surface area contributed by atoms with E-state index in [1.54, 1.807) is 24.9 Å². The van der Waals surface area contributed by atoms with Crippen molar-refractivity contribution in [1.29, 1.82) is 0 Å². The molecule has 7 heteroatoms. The second-order valence-corrected chi connectivity index (χ2v) is 4.74. The molecule has 6 nitrogen and oxygen atoms in total. The largest absolute Gasteiger partial charge is 0.328 e. The molecule has 1 N–H and O–H groups in total. The van der Waals surface area contributed by atoms with Crippen LogP contribution in [-0.2, 0) is 20.0 Å². The average molecular weight is 283 g/mol. The molecule has 0 fully saturated rings. The first-order valence-electron chi connectivity index (χ1n) is 5.94. The fourth-order valence-electron chi connectivity index (χ4n) is 1.94. The molecule has 2 rings (SSSR count). The molecule has 0 aliphatic rings. The fourth-order valence-corrected chi connectivity index (χ4v) is 2.16. The normalized spacial score (nSPS) is 10.9. The Morgan fingerprint density at radius 1 is 1.42 bits per heavy atom. The van der Waals surface area contributed by atoms with Gasteiger partial charge in [-0.05, 0) is 13.3 Å². The Hall–Kier alpha value is -1.82. The van der Waals surface area contributed by atoms with E-state index in [0.717, 1.165) is 5.69 Å². The molecule has 0 aromatic carbocycles. The number of halogens is 1. The van der Waals surface area contributed by atoms with Crippen molar-refractivity contribution in [2.24, 2.45) is 7.05 Å². The lowest BCUT2D eigenvalue weighted by atomic mass is 10.2. The molecule has 0 spiro atoms. The van der Waals surface area contributed by atoms with Gasteiger partial charge in [-0.3, -0.25) is 19.0 Å². The molecule has 2 heterocycles. The molecule has 0 unspecified atom stereocenters. The van der Waals surface area contributed by atoms with E-state index in [4.69, 9.17) is 11.6 Å². The molecule has 0 aliphatic heterocycles. The van der Waals surface area contributed by atoms with Gasteiger partial charge < -0.3 is 0 Å². The Morgan fingerprint density at radius 3 is 2.63 bits per heavy atom. The molecular weight excluding hydrogens is 268 g/mol. The third kappa shape index (κ3) is 2.49.